The van der Waals surface area contributed by atoms with E-state index in [1.807, 2.05) is 6.92 Å². The highest BCUT2D eigenvalue weighted by Gasteiger charge is 2.19. The Morgan fingerprint density at radius 1 is 1.67 bits per heavy atom. The molecule has 2 rings (SSSR count). The van der Waals surface area contributed by atoms with Gasteiger partial charge in [-0.15, -0.1) is 0 Å². The zero-order chi connectivity index (χ0) is 10.8. The maximum atomic E-state index is 11.6. The van der Waals surface area contributed by atoms with E-state index >= 15 is 0 Å². The number of rotatable bonds is 2. The molecule has 1 aromatic heterocycles. The van der Waals surface area contributed by atoms with E-state index in [0.717, 1.165) is 25.2 Å². The van der Waals surface area contributed by atoms with Gasteiger partial charge in [-0.2, -0.15) is 5.10 Å². The Bertz CT molecular complexity index is 401. The van der Waals surface area contributed by atoms with Crippen LogP contribution in [0.1, 0.15) is 13.3 Å². The van der Waals surface area contributed by atoms with Crippen molar-refractivity contribution in [2.24, 2.45) is 5.73 Å². The molecule has 2 heterocycles. The Morgan fingerprint density at radius 2 is 2.47 bits per heavy atom. The summed E-state index contributed by atoms with van der Waals surface area (Å²) in [5.74, 6) is 0. The molecule has 0 unspecified atom stereocenters. The smallest absolute Gasteiger partial charge is 0.268 e. The minimum absolute atomic E-state index is 0.0459. The number of aromatic nitrogens is 2. The lowest BCUT2D eigenvalue weighted by Crippen LogP contribution is -2.29. The first-order chi connectivity index (χ1) is 7.20. The van der Waals surface area contributed by atoms with Gasteiger partial charge in [-0.3, -0.25) is 4.79 Å². The molecule has 0 aliphatic carbocycles. The number of anilines is 1. The lowest BCUT2D eigenvalue weighted by Gasteiger charge is -2.17. The summed E-state index contributed by atoms with van der Waals surface area (Å²) in [5, 5.41) is 4.09. The number of hydrogen-bond donors (Lipinski definition) is 1. The minimum Gasteiger partial charge on any atom is -0.368 e. The van der Waals surface area contributed by atoms with Gasteiger partial charge in [0.25, 0.3) is 5.56 Å². The van der Waals surface area contributed by atoms with Crippen LogP contribution in [0.5, 0.6) is 0 Å². The van der Waals surface area contributed by atoms with Crippen LogP contribution in [0.2, 0.25) is 0 Å². The van der Waals surface area contributed by atoms with Crippen LogP contribution in [0.15, 0.2) is 17.1 Å². The summed E-state index contributed by atoms with van der Waals surface area (Å²) in [6.07, 6.45) is 2.72. The average molecular weight is 208 g/mol. The minimum atomic E-state index is -0.0459. The van der Waals surface area contributed by atoms with Gasteiger partial charge in [-0.05, 0) is 13.3 Å². The van der Waals surface area contributed by atoms with Crippen molar-refractivity contribution in [3.8, 4) is 0 Å². The largest absolute Gasteiger partial charge is 0.368 e. The number of nitrogens with zero attached hydrogens (tertiary/aromatic N) is 3. The lowest BCUT2D eigenvalue weighted by atomic mass is 10.3. The summed E-state index contributed by atoms with van der Waals surface area (Å²) in [5.41, 5.74) is 6.65. The molecule has 1 fully saturated rings. The standard InChI is InChI=1S/C10H16N4O/c1-2-14-10(15)5-9(6-12-14)13-4-3-8(11)7-13/h5-6,8H,2-4,7,11H2,1H3/t8-/m1/s1. The van der Waals surface area contributed by atoms with Gasteiger partial charge in [0.05, 0.1) is 11.9 Å². The van der Waals surface area contributed by atoms with E-state index in [1.54, 1.807) is 12.3 Å². The normalized spacial score (nSPS) is 20.9. The molecule has 1 aromatic rings. The summed E-state index contributed by atoms with van der Waals surface area (Å²) in [4.78, 5) is 13.7. The maximum absolute atomic E-state index is 11.6. The third-order valence-corrected chi connectivity index (χ3v) is 2.74. The lowest BCUT2D eigenvalue weighted by molar-refractivity contribution is 0.614. The third kappa shape index (κ3) is 2.02. The van der Waals surface area contributed by atoms with Crippen molar-refractivity contribution in [2.45, 2.75) is 25.9 Å². The van der Waals surface area contributed by atoms with E-state index in [9.17, 15) is 4.79 Å². The topological polar surface area (TPSA) is 64.2 Å². The second kappa shape index (κ2) is 4.02. The fourth-order valence-corrected chi connectivity index (χ4v) is 1.86. The highest BCUT2D eigenvalue weighted by atomic mass is 16.1. The molecule has 0 saturated carbocycles. The highest BCUT2D eigenvalue weighted by molar-refractivity contribution is 5.44. The van der Waals surface area contributed by atoms with Crippen LogP contribution in [0.4, 0.5) is 5.69 Å². The Hall–Kier alpha value is -1.36. The zero-order valence-electron chi connectivity index (χ0n) is 8.89. The molecule has 0 aromatic carbocycles. The van der Waals surface area contributed by atoms with Crippen molar-refractivity contribution in [1.29, 1.82) is 0 Å². The first-order valence-electron chi connectivity index (χ1n) is 5.28. The summed E-state index contributed by atoms with van der Waals surface area (Å²) >= 11 is 0. The Morgan fingerprint density at radius 3 is 3.00 bits per heavy atom. The molecular formula is C10H16N4O. The molecule has 5 heteroatoms. The van der Waals surface area contributed by atoms with Crippen LogP contribution in [-0.4, -0.2) is 28.9 Å². The van der Waals surface area contributed by atoms with Gasteiger partial charge >= 0.3 is 0 Å². The molecule has 1 aliphatic rings. The summed E-state index contributed by atoms with van der Waals surface area (Å²) in [7, 11) is 0. The molecule has 1 saturated heterocycles. The predicted molar refractivity (Wildman–Crippen MR) is 59.0 cm³/mol. The second-order valence-corrected chi connectivity index (χ2v) is 3.86. The molecule has 15 heavy (non-hydrogen) atoms. The molecule has 0 bridgehead atoms. The van der Waals surface area contributed by atoms with Crippen LogP contribution in [0.25, 0.3) is 0 Å². The zero-order valence-corrected chi connectivity index (χ0v) is 8.89. The molecule has 0 spiro atoms. The average Bonchev–Trinajstić information content (AvgIpc) is 2.65. The molecule has 1 aliphatic heterocycles. The van der Waals surface area contributed by atoms with Crippen molar-refractivity contribution in [3.63, 3.8) is 0 Å². The summed E-state index contributed by atoms with van der Waals surface area (Å²) in [6.45, 7) is 4.24. The van der Waals surface area contributed by atoms with E-state index < -0.39 is 0 Å². The SMILES string of the molecule is CCn1ncc(N2CC[C@@H](N)C2)cc1=O. The number of nitrogens with two attached hydrogens (primary N) is 1. The van der Waals surface area contributed by atoms with Crippen molar-refractivity contribution in [1.82, 2.24) is 9.78 Å². The van der Waals surface area contributed by atoms with Gasteiger partial charge in [0.1, 0.15) is 0 Å². The highest BCUT2D eigenvalue weighted by Crippen LogP contribution is 2.16. The van der Waals surface area contributed by atoms with Crippen LogP contribution in [0, 0.1) is 0 Å². The Labute approximate surface area is 88.5 Å². The molecular weight excluding hydrogens is 192 g/mol. The first kappa shape index (κ1) is 10.2. The second-order valence-electron chi connectivity index (χ2n) is 3.86. The van der Waals surface area contributed by atoms with Crippen molar-refractivity contribution in [2.75, 3.05) is 18.0 Å². The van der Waals surface area contributed by atoms with E-state index in [0.29, 0.717) is 6.54 Å². The van der Waals surface area contributed by atoms with Crippen molar-refractivity contribution in [3.05, 3.63) is 22.6 Å². The fourth-order valence-electron chi connectivity index (χ4n) is 1.86. The van der Waals surface area contributed by atoms with E-state index in [4.69, 9.17) is 5.73 Å². The van der Waals surface area contributed by atoms with Gasteiger partial charge in [-0.1, -0.05) is 0 Å². The van der Waals surface area contributed by atoms with Gasteiger partial charge in [0.2, 0.25) is 0 Å². The molecule has 5 nitrogen and oxygen atoms in total. The van der Waals surface area contributed by atoms with Gasteiger partial charge in [-0.25, -0.2) is 4.68 Å². The van der Waals surface area contributed by atoms with Gasteiger partial charge < -0.3 is 10.6 Å². The van der Waals surface area contributed by atoms with E-state index in [1.165, 1.54) is 4.68 Å². The molecule has 1 atom stereocenters. The van der Waals surface area contributed by atoms with Crippen LogP contribution in [0.3, 0.4) is 0 Å². The monoisotopic (exact) mass is 208 g/mol. The molecule has 82 valence electrons. The number of hydrogen-bond acceptors (Lipinski definition) is 4. The molecule has 2 N–H and O–H groups in total. The van der Waals surface area contributed by atoms with Crippen LogP contribution < -0.4 is 16.2 Å². The van der Waals surface area contributed by atoms with Crippen molar-refractivity contribution >= 4 is 5.69 Å². The predicted octanol–water partition coefficient (Wildman–Crippen LogP) is -0.199. The van der Waals surface area contributed by atoms with Crippen molar-refractivity contribution < 1.29 is 0 Å². The summed E-state index contributed by atoms with van der Waals surface area (Å²) in [6, 6.07) is 1.85. The molecule has 0 radical (unpaired) electrons. The summed E-state index contributed by atoms with van der Waals surface area (Å²) < 4.78 is 1.44. The van der Waals surface area contributed by atoms with Gasteiger partial charge in [0, 0.05) is 31.7 Å². The first-order valence-corrected chi connectivity index (χ1v) is 5.28. The van der Waals surface area contributed by atoms with E-state index in [-0.39, 0.29) is 11.6 Å². The third-order valence-electron chi connectivity index (χ3n) is 2.74. The fraction of sp³-hybridized carbons (Fsp3) is 0.600. The Kier molecular flexibility index (Phi) is 2.73. The Balaban J connectivity index is 2.23. The maximum Gasteiger partial charge on any atom is 0.268 e. The molecule has 0 amide bonds. The van der Waals surface area contributed by atoms with Crippen LogP contribution in [-0.2, 0) is 6.54 Å². The van der Waals surface area contributed by atoms with Gasteiger partial charge in [0.15, 0.2) is 0 Å². The van der Waals surface area contributed by atoms with E-state index in [2.05, 4.69) is 10.00 Å². The van der Waals surface area contributed by atoms with Crippen LogP contribution >= 0.6 is 0 Å². The number of aryl methyl sites for hydroxylation is 1. The quantitative estimate of drug-likeness (QED) is 0.731.